The van der Waals surface area contributed by atoms with Crippen LogP contribution in [0.25, 0.3) is 11.1 Å². The van der Waals surface area contributed by atoms with Crippen LogP contribution in [0.15, 0.2) is 28.7 Å². The van der Waals surface area contributed by atoms with Crippen LogP contribution in [-0.4, -0.2) is 35.9 Å². The highest BCUT2D eigenvalue weighted by Gasteiger charge is 2.04. The van der Waals surface area contributed by atoms with Crippen molar-refractivity contribution in [3.63, 3.8) is 0 Å². The van der Waals surface area contributed by atoms with Gasteiger partial charge in [-0.25, -0.2) is 0 Å². The number of aromatic nitrogens is 1. The summed E-state index contributed by atoms with van der Waals surface area (Å²) in [5, 5.41) is 3.14. The topological polar surface area (TPSA) is 58.4 Å². The first-order valence-corrected chi connectivity index (χ1v) is 6.62. The van der Waals surface area contributed by atoms with E-state index in [0.717, 1.165) is 50.0 Å². The van der Waals surface area contributed by atoms with Crippen molar-refractivity contribution < 1.29 is 9.21 Å². The van der Waals surface area contributed by atoms with Gasteiger partial charge in [-0.15, -0.1) is 0 Å². The lowest BCUT2D eigenvalue weighted by Crippen LogP contribution is -2.25. The van der Waals surface area contributed by atoms with E-state index in [9.17, 15) is 4.79 Å². The van der Waals surface area contributed by atoms with Gasteiger partial charge in [0, 0.05) is 19.6 Å². The van der Waals surface area contributed by atoms with Gasteiger partial charge >= 0.3 is 0 Å². The Labute approximate surface area is 112 Å². The summed E-state index contributed by atoms with van der Waals surface area (Å²) in [5.74, 6) is 0. The molecule has 0 unspecified atom stereocenters. The highest BCUT2D eigenvalue weighted by molar-refractivity contribution is 5.74. The van der Waals surface area contributed by atoms with Gasteiger partial charge in [0.05, 0.1) is 0 Å². The van der Waals surface area contributed by atoms with Gasteiger partial charge in [0.15, 0.2) is 5.58 Å². The van der Waals surface area contributed by atoms with E-state index in [4.69, 9.17) is 4.42 Å². The predicted octanol–water partition coefficient (Wildman–Crippen LogP) is 2.50. The number of rotatable bonds is 8. The van der Waals surface area contributed by atoms with Gasteiger partial charge in [0.2, 0.25) is 6.41 Å². The largest absolute Gasteiger partial charge is 0.424 e. The molecule has 5 heteroatoms. The van der Waals surface area contributed by atoms with Crippen LogP contribution in [-0.2, 0) is 4.79 Å². The zero-order valence-corrected chi connectivity index (χ0v) is 11.1. The molecule has 2 rings (SSSR count). The molecule has 0 atom stereocenters. The SMILES string of the molecule is CCCN(C=O)CCCNc1nc2ccccc2o1. The number of benzene rings is 1. The molecule has 0 saturated carbocycles. The molecule has 0 spiro atoms. The van der Waals surface area contributed by atoms with Crippen LogP contribution in [0, 0.1) is 0 Å². The summed E-state index contributed by atoms with van der Waals surface area (Å²) in [6, 6.07) is 8.20. The Morgan fingerprint density at radius 1 is 1.37 bits per heavy atom. The van der Waals surface area contributed by atoms with Gasteiger partial charge in [-0.1, -0.05) is 19.1 Å². The first kappa shape index (κ1) is 13.4. The molecule has 1 heterocycles. The van der Waals surface area contributed by atoms with Crippen molar-refractivity contribution in [2.24, 2.45) is 0 Å². The lowest BCUT2D eigenvalue weighted by molar-refractivity contribution is -0.118. The van der Waals surface area contributed by atoms with E-state index >= 15 is 0 Å². The summed E-state index contributed by atoms with van der Waals surface area (Å²) in [7, 11) is 0. The number of hydrogen-bond donors (Lipinski definition) is 1. The van der Waals surface area contributed by atoms with Crippen molar-refractivity contribution in [2.75, 3.05) is 25.0 Å². The van der Waals surface area contributed by atoms with Gasteiger partial charge in [0.25, 0.3) is 6.01 Å². The van der Waals surface area contributed by atoms with Crippen LogP contribution in [0.4, 0.5) is 6.01 Å². The number of amides is 1. The Kier molecular flexibility index (Phi) is 4.78. The minimum atomic E-state index is 0.536. The number of carbonyl (C=O) groups excluding carboxylic acids is 1. The molecule has 1 amide bonds. The second kappa shape index (κ2) is 6.78. The molecule has 0 bridgehead atoms. The maximum Gasteiger partial charge on any atom is 0.295 e. The third kappa shape index (κ3) is 3.71. The monoisotopic (exact) mass is 261 g/mol. The Bertz CT molecular complexity index is 491. The number of carbonyl (C=O) groups is 1. The molecule has 0 aliphatic carbocycles. The molecule has 0 aliphatic rings. The molecule has 0 saturated heterocycles. The molecule has 0 aliphatic heterocycles. The average Bonchev–Trinajstić information content (AvgIpc) is 2.85. The molecule has 0 fully saturated rings. The number of nitrogens with zero attached hydrogens (tertiary/aromatic N) is 2. The summed E-state index contributed by atoms with van der Waals surface area (Å²) in [6.07, 6.45) is 2.76. The summed E-state index contributed by atoms with van der Waals surface area (Å²) >= 11 is 0. The van der Waals surface area contributed by atoms with E-state index in [2.05, 4.69) is 17.2 Å². The van der Waals surface area contributed by atoms with Gasteiger partial charge in [0.1, 0.15) is 5.52 Å². The molecule has 19 heavy (non-hydrogen) atoms. The predicted molar refractivity (Wildman–Crippen MR) is 75.0 cm³/mol. The zero-order chi connectivity index (χ0) is 13.5. The van der Waals surface area contributed by atoms with Crippen LogP contribution in [0.3, 0.4) is 0 Å². The minimum absolute atomic E-state index is 0.536. The highest BCUT2D eigenvalue weighted by Crippen LogP contribution is 2.17. The van der Waals surface area contributed by atoms with E-state index in [1.807, 2.05) is 24.3 Å². The van der Waals surface area contributed by atoms with Crippen molar-refractivity contribution in [3.8, 4) is 0 Å². The van der Waals surface area contributed by atoms with Crippen molar-refractivity contribution in [2.45, 2.75) is 19.8 Å². The quantitative estimate of drug-likeness (QED) is 0.586. The lowest BCUT2D eigenvalue weighted by atomic mass is 10.3. The molecule has 1 N–H and O–H groups in total. The summed E-state index contributed by atoms with van der Waals surface area (Å²) in [4.78, 5) is 16.9. The fourth-order valence-corrected chi connectivity index (χ4v) is 1.93. The summed E-state index contributed by atoms with van der Waals surface area (Å²) in [6.45, 7) is 4.37. The van der Waals surface area contributed by atoms with Gasteiger partial charge < -0.3 is 14.6 Å². The van der Waals surface area contributed by atoms with Crippen LogP contribution in [0.1, 0.15) is 19.8 Å². The van der Waals surface area contributed by atoms with Crippen LogP contribution >= 0.6 is 0 Å². The van der Waals surface area contributed by atoms with Crippen molar-refractivity contribution >= 4 is 23.5 Å². The molecular formula is C14H19N3O2. The summed E-state index contributed by atoms with van der Waals surface area (Å²) in [5.41, 5.74) is 1.64. The number of fused-ring (bicyclic) bond motifs is 1. The smallest absolute Gasteiger partial charge is 0.295 e. The lowest BCUT2D eigenvalue weighted by Gasteiger charge is -2.15. The van der Waals surface area contributed by atoms with Crippen molar-refractivity contribution in [1.82, 2.24) is 9.88 Å². The van der Waals surface area contributed by atoms with Gasteiger partial charge in [-0.05, 0) is 25.0 Å². The molecule has 102 valence electrons. The Morgan fingerprint density at radius 3 is 2.95 bits per heavy atom. The third-order valence-electron chi connectivity index (χ3n) is 2.85. The van der Waals surface area contributed by atoms with E-state index in [0.29, 0.717) is 6.01 Å². The fraction of sp³-hybridized carbons (Fsp3) is 0.429. The van der Waals surface area contributed by atoms with Crippen molar-refractivity contribution in [1.29, 1.82) is 0 Å². The van der Waals surface area contributed by atoms with Gasteiger partial charge in [-0.3, -0.25) is 4.79 Å². The molecule has 1 aromatic carbocycles. The van der Waals surface area contributed by atoms with Gasteiger partial charge in [-0.2, -0.15) is 4.98 Å². The number of hydrogen-bond acceptors (Lipinski definition) is 4. The standard InChI is InChI=1S/C14H19N3O2/c1-2-9-17(11-18)10-5-8-15-14-16-12-6-3-4-7-13(12)19-14/h3-4,6-7,11H,2,5,8-10H2,1H3,(H,15,16). The second-order valence-corrected chi connectivity index (χ2v) is 4.41. The Balaban J connectivity index is 1.77. The van der Waals surface area contributed by atoms with Crippen LogP contribution < -0.4 is 5.32 Å². The van der Waals surface area contributed by atoms with E-state index in [1.54, 1.807) is 4.90 Å². The van der Waals surface area contributed by atoms with Crippen LogP contribution in [0.5, 0.6) is 0 Å². The fourth-order valence-electron chi connectivity index (χ4n) is 1.93. The Hall–Kier alpha value is -2.04. The maximum atomic E-state index is 10.8. The maximum absolute atomic E-state index is 10.8. The summed E-state index contributed by atoms with van der Waals surface area (Å²) < 4.78 is 5.54. The molecule has 5 nitrogen and oxygen atoms in total. The van der Waals surface area contributed by atoms with Crippen molar-refractivity contribution in [3.05, 3.63) is 24.3 Å². The van der Waals surface area contributed by atoms with Crippen LogP contribution in [0.2, 0.25) is 0 Å². The molecule has 1 aromatic heterocycles. The first-order chi connectivity index (χ1) is 9.33. The molecule has 0 radical (unpaired) electrons. The Morgan fingerprint density at radius 2 is 2.21 bits per heavy atom. The first-order valence-electron chi connectivity index (χ1n) is 6.62. The van der Waals surface area contributed by atoms with E-state index in [-0.39, 0.29) is 0 Å². The molecule has 2 aromatic rings. The number of para-hydroxylation sites is 2. The highest BCUT2D eigenvalue weighted by atomic mass is 16.4. The van der Waals surface area contributed by atoms with E-state index < -0.39 is 0 Å². The normalized spacial score (nSPS) is 10.6. The number of oxazole rings is 1. The second-order valence-electron chi connectivity index (χ2n) is 4.41. The third-order valence-corrected chi connectivity index (χ3v) is 2.85. The average molecular weight is 261 g/mol. The van der Waals surface area contributed by atoms with E-state index in [1.165, 1.54) is 0 Å². The molecular weight excluding hydrogens is 242 g/mol. The zero-order valence-electron chi connectivity index (χ0n) is 11.1. The minimum Gasteiger partial charge on any atom is -0.424 e. The number of nitrogens with one attached hydrogen (secondary N) is 1. The number of anilines is 1.